The summed E-state index contributed by atoms with van der Waals surface area (Å²) in [6.07, 6.45) is 0.430. The molecule has 2 N–H and O–H groups in total. The average molecular weight is 324 g/mol. The SMILES string of the molecule is Cc1ccc(CNC(=O)c2ccccc2NC(=O)CC(C)C)cc1. The first-order valence-corrected chi connectivity index (χ1v) is 8.18. The van der Waals surface area contributed by atoms with Gasteiger partial charge in [0.25, 0.3) is 5.91 Å². The third kappa shape index (κ3) is 5.23. The van der Waals surface area contributed by atoms with E-state index in [4.69, 9.17) is 0 Å². The minimum Gasteiger partial charge on any atom is -0.348 e. The second-order valence-corrected chi connectivity index (χ2v) is 6.36. The van der Waals surface area contributed by atoms with Crippen molar-refractivity contribution in [3.63, 3.8) is 0 Å². The van der Waals surface area contributed by atoms with Gasteiger partial charge in [0.05, 0.1) is 11.3 Å². The molecule has 0 aliphatic carbocycles. The first-order chi connectivity index (χ1) is 11.5. The quantitative estimate of drug-likeness (QED) is 0.846. The highest BCUT2D eigenvalue weighted by Crippen LogP contribution is 2.16. The van der Waals surface area contributed by atoms with Crippen molar-refractivity contribution in [1.82, 2.24) is 5.32 Å². The van der Waals surface area contributed by atoms with Gasteiger partial charge in [-0.1, -0.05) is 55.8 Å². The lowest BCUT2D eigenvalue weighted by molar-refractivity contribution is -0.116. The lowest BCUT2D eigenvalue weighted by atomic mass is 10.1. The molecule has 0 saturated heterocycles. The maximum atomic E-state index is 12.4. The highest BCUT2D eigenvalue weighted by molar-refractivity contribution is 6.03. The van der Waals surface area contributed by atoms with Crippen molar-refractivity contribution in [3.05, 3.63) is 65.2 Å². The van der Waals surface area contributed by atoms with Gasteiger partial charge in [-0.2, -0.15) is 0 Å². The number of carbonyl (C=O) groups excluding carboxylic acids is 2. The molecule has 0 aliphatic heterocycles. The van der Waals surface area contributed by atoms with Crippen molar-refractivity contribution in [2.45, 2.75) is 33.7 Å². The van der Waals surface area contributed by atoms with Crippen LogP contribution in [0, 0.1) is 12.8 Å². The Kier molecular flexibility index (Phi) is 6.13. The molecule has 0 fully saturated rings. The molecule has 2 amide bonds. The number of rotatable bonds is 6. The lowest BCUT2D eigenvalue weighted by Gasteiger charge is -2.12. The Morgan fingerprint density at radius 1 is 1.00 bits per heavy atom. The smallest absolute Gasteiger partial charge is 0.253 e. The van der Waals surface area contributed by atoms with Crippen molar-refractivity contribution in [1.29, 1.82) is 0 Å². The van der Waals surface area contributed by atoms with Crippen LogP contribution < -0.4 is 10.6 Å². The average Bonchev–Trinajstić information content (AvgIpc) is 2.53. The summed E-state index contributed by atoms with van der Waals surface area (Å²) in [5.41, 5.74) is 3.24. The van der Waals surface area contributed by atoms with Crippen LogP contribution >= 0.6 is 0 Å². The zero-order valence-corrected chi connectivity index (χ0v) is 14.4. The minimum absolute atomic E-state index is 0.0798. The normalized spacial score (nSPS) is 10.5. The molecule has 4 heteroatoms. The Balaban J connectivity index is 2.03. The molecule has 2 aromatic carbocycles. The summed E-state index contributed by atoms with van der Waals surface area (Å²) in [5, 5.41) is 5.73. The van der Waals surface area contributed by atoms with Crippen LogP contribution in [0.3, 0.4) is 0 Å². The molecule has 0 aliphatic rings. The summed E-state index contributed by atoms with van der Waals surface area (Å²) in [6, 6.07) is 15.1. The van der Waals surface area contributed by atoms with Crippen molar-refractivity contribution < 1.29 is 9.59 Å². The van der Waals surface area contributed by atoms with Gasteiger partial charge in [-0.25, -0.2) is 0 Å². The highest BCUT2D eigenvalue weighted by atomic mass is 16.2. The van der Waals surface area contributed by atoms with Gasteiger partial charge < -0.3 is 10.6 Å². The molecule has 0 unspecified atom stereocenters. The molecule has 2 rings (SSSR count). The topological polar surface area (TPSA) is 58.2 Å². The largest absolute Gasteiger partial charge is 0.348 e. The number of hydrogen-bond donors (Lipinski definition) is 2. The Labute approximate surface area is 143 Å². The minimum atomic E-state index is -0.198. The molecule has 126 valence electrons. The Hall–Kier alpha value is -2.62. The second kappa shape index (κ2) is 8.29. The summed E-state index contributed by atoms with van der Waals surface area (Å²) in [6.45, 7) is 6.45. The molecule has 24 heavy (non-hydrogen) atoms. The molecule has 4 nitrogen and oxygen atoms in total. The van der Waals surface area contributed by atoms with Gasteiger partial charge in [0, 0.05) is 13.0 Å². The van der Waals surface area contributed by atoms with Crippen LogP contribution in [0.25, 0.3) is 0 Å². The van der Waals surface area contributed by atoms with Gasteiger partial charge >= 0.3 is 0 Å². The molecular weight excluding hydrogens is 300 g/mol. The maximum absolute atomic E-state index is 12.4. The fraction of sp³-hybridized carbons (Fsp3) is 0.300. The third-order valence-corrected chi connectivity index (χ3v) is 3.61. The van der Waals surface area contributed by atoms with Crippen LogP contribution in [0.2, 0.25) is 0 Å². The Morgan fingerprint density at radius 3 is 2.33 bits per heavy atom. The number of carbonyl (C=O) groups is 2. The molecular formula is C20H24N2O2. The number of nitrogens with one attached hydrogen (secondary N) is 2. The van der Waals surface area contributed by atoms with Crippen molar-refractivity contribution in [2.24, 2.45) is 5.92 Å². The molecule has 0 atom stereocenters. The van der Waals surface area contributed by atoms with Crippen LogP contribution in [-0.2, 0) is 11.3 Å². The fourth-order valence-corrected chi connectivity index (χ4v) is 2.35. The van der Waals surface area contributed by atoms with Crippen molar-refractivity contribution in [3.8, 4) is 0 Å². The Morgan fingerprint density at radius 2 is 1.67 bits per heavy atom. The maximum Gasteiger partial charge on any atom is 0.253 e. The zero-order chi connectivity index (χ0) is 17.5. The van der Waals surface area contributed by atoms with Gasteiger partial charge in [-0.15, -0.1) is 0 Å². The number of benzene rings is 2. The third-order valence-electron chi connectivity index (χ3n) is 3.61. The van der Waals surface area contributed by atoms with E-state index in [-0.39, 0.29) is 17.7 Å². The van der Waals surface area contributed by atoms with E-state index < -0.39 is 0 Å². The van der Waals surface area contributed by atoms with E-state index >= 15 is 0 Å². The predicted octanol–water partition coefficient (Wildman–Crippen LogP) is 3.91. The first-order valence-electron chi connectivity index (χ1n) is 8.18. The summed E-state index contributed by atoms with van der Waals surface area (Å²) >= 11 is 0. The van der Waals surface area contributed by atoms with E-state index in [2.05, 4.69) is 10.6 Å². The van der Waals surface area contributed by atoms with E-state index in [0.29, 0.717) is 24.2 Å². The van der Waals surface area contributed by atoms with Gasteiger partial charge in [0.2, 0.25) is 5.91 Å². The molecule has 2 aromatic rings. The highest BCUT2D eigenvalue weighted by Gasteiger charge is 2.13. The van der Waals surface area contributed by atoms with E-state index in [1.54, 1.807) is 18.2 Å². The van der Waals surface area contributed by atoms with E-state index in [0.717, 1.165) is 5.56 Å². The monoisotopic (exact) mass is 324 g/mol. The van der Waals surface area contributed by atoms with Crippen LogP contribution in [0.15, 0.2) is 48.5 Å². The standard InChI is InChI=1S/C20H24N2O2/c1-14(2)12-19(23)22-18-7-5-4-6-17(18)20(24)21-13-16-10-8-15(3)9-11-16/h4-11,14H,12-13H2,1-3H3,(H,21,24)(H,22,23). The van der Waals surface area contributed by atoms with E-state index in [9.17, 15) is 9.59 Å². The first kappa shape index (κ1) is 17.7. The summed E-state index contributed by atoms with van der Waals surface area (Å²) in [7, 11) is 0. The number of anilines is 1. The van der Waals surface area contributed by atoms with Crippen LogP contribution in [-0.4, -0.2) is 11.8 Å². The van der Waals surface area contributed by atoms with Crippen LogP contribution in [0.4, 0.5) is 5.69 Å². The molecule has 0 bridgehead atoms. The molecule has 0 saturated carbocycles. The molecule has 0 spiro atoms. The van der Waals surface area contributed by atoms with E-state index in [1.807, 2.05) is 51.1 Å². The van der Waals surface area contributed by atoms with Crippen molar-refractivity contribution in [2.75, 3.05) is 5.32 Å². The second-order valence-electron chi connectivity index (χ2n) is 6.36. The van der Waals surface area contributed by atoms with Gasteiger partial charge in [-0.3, -0.25) is 9.59 Å². The Bertz CT molecular complexity index is 706. The van der Waals surface area contributed by atoms with Gasteiger partial charge in [-0.05, 0) is 30.5 Å². The summed E-state index contributed by atoms with van der Waals surface area (Å²) < 4.78 is 0. The fourth-order valence-electron chi connectivity index (χ4n) is 2.35. The number of amides is 2. The van der Waals surface area contributed by atoms with Gasteiger partial charge in [0.1, 0.15) is 0 Å². The number of hydrogen-bond acceptors (Lipinski definition) is 2. The number of aryl methyl sites for hydroxylation is 1. The summed E-state index contributed by atoms with van der Waals surface area (Å²) in [5.74, 6) is -0.00710. The molecule has 0 heterocycles. The molecule has 0 radical (unpaired) electrons. The molecule has 0 aromatic heterocycles. The van der Waals surface area contributed by atoms with E-state index in [1.165, 1.54) is 5.56 Å². The van der Waals surface area contributed by atoms with Gasteiger partial charge in [0.15, 0.2) is 0 Å². The zero-order valence-electron chi connectivity index (χ0n) is 14.4. The summed E-state index contributed by atoms with van der Waals surface area (Å²) in [4.78, 5) is 24.4. The van der Waals surface area contributed by atoms with Crippen LogP contribution in [0.1, 0.15) is 41.8 Å². The number of para-hydroxylation sites is 1. The lowest BCUT2D eigenvalue weighted by Crippen LogP contribution is -2.25. The predicted molar refractivity (Wildman–Crippen MR) is 96.9 cm³/mol. The van der Waals surface area contributed by atoms with Crippen LogP contribution in [0.5, 0.6) is 0 Å². The van der Waals surface area contributed by atoms with Crippen molar-refractivity contribution >= 4 is 17.5 Å².